The summed E-state index contributed by atoms with van der Waals surface area (Å²) in [5.41, 5.74) is 3.27. The number of aryl methyl sites for hydroxylation is 1. The maximum atomic E-state index is 12.1. The fourth-order valence-corrected chi connectivity index (χ4v) is 4.70. The number of benzene rings is 2. The van der Waals surface area contributed by atoms with E-state index in [2.05, 4.69) is 10.1 Å². The van der Waals surface area contributed by atoms with E-state index in [1.807, 2.05) is 55.5 Å². The lowest BCUT2D eigenvalue weighted by Crippen LogP contribution is -1.99. The summed E-state index contributed by atoms with van der Waals surface area (Å²) in [4.78, 5) is 22.6. The number of ether oxygens (including phenoxy) is 3. The van der Waals surface area contributed by atoms with E-state index in [1.54, 1.807) is 18.0 Å². The van der Waals surface area contributed by atoms with E-state index in [0.717, 1.165) is 26.9 Å². The Kier molecular flexibility index (Phi) is 5.39. The number of carbonyl (C=O) groups excluding carboxylic acids is 1. The molecule has 0 amide bonds. The Bertz CT molecular complexity index is 1490. The molecule has 0 spiro atoms. The second kappa shape index (κ2) is 8.51. The number of carbonyl (C=O) groups is 1. The lowest BCUT2D eigenvalue weighted by atomic mass is 10.1. The number of thiophene rings is 1. The maximum Gasteiger partial charge on any atom is 0.348 e. The zero-order valence-electron chi connectivity index (χ0n) is 18.2. The number of nitrogens with zero attached hydrogens (tertiary/aromatic N) is 4. The normalized spacial score (nSPS) is 11.1. The number of esters is 1. The molecule has 0 saturated carbocycles. The van der Waals surface area contributed by atoms with Crippen LogP contribution < -0.4 is 9.47 Å². The van der Waals surface area contributed by atoms with Crippen molar-refractivity contribution >= 4 is 33.2 Å². The van der Waals surface area contributed by atoms with Gasteiger partial charge in [-0.1, -0.05) is 30.3 Å². The van der Waals surface area contributed by atoms with Gasteiger partial charge in [-0.2, -0.15) is 0 Å². The summed E-state index contributed by atoms with van der Waals surface area (Å²) >= 11 is 1.29. The predicted molar refractivity (Wildman–Crippen MR) is 125 cm³/mol. The Morgan fingerprint density at radius 2 is 1.91 bits per heavy atom. The van der Waals surface area contributed by atoms with E-state index in [0.29, 0.717) is 34.5 Å². The highest BCUT2D eigenvalue weighted by molar-refractivity contribution is 7.20. The molecule has 9 heteroatoms. The summed E-state index contributed by atoms with van der Waals surface area (Å²) in [7, 11) is 2.99. The lowest BCUT2D eigenvalue weighted by Gasteiger charge is -2.10. The lowest BCUT2D eigenvalue weighted by molar-refractivity contribution is 0.0605. The molecule has 0 N–H and O–H groups in total. The van der Waals surface area contributed by atoms with E-state index in [-0.39, 0.29) is 5.97 Å². The molecule has 0 aliphatic heterocycles. The molecule has 0 fully saturated rings. The van der Waals surface area contributed by atoms with E-state index in [1.165, 1.54) is 18.4 Å². The van der Waals surface area contributed by atoms with Gasteiger partial charge in [0, 0.05) is 5.56 Å². The fraction of sp³-hybridized carbons (Fsp3) is 0.167. The summed E-state index contributed by atoms with van der Waals surface area (Å²) in [6, 6.07) is 15.4. The quantitative estimate of drug-likeness (QED) is 0.340. The van der Waals surface area contributed by atoms with Crippen LogP contribution in [-0.4, -0.2) is 39.8 Å². The van der Waals surface area contributed by atoms with Gasteiger partial charge in [0.25, 0.3) is 0 Å². The van der Waals surface area contributed by atoms with E-state index < -0.39 is 0 Å². The van der Waals surface area contributed by atoms with E-state index >= 15 is 0 Å². The van der Waals surface area contributed by atoms with Crippen LogP contribution in [0.3, 0.4) is 0 Å². The van der Waals surface area contributed by atoms with Crippen molar-refractivity contribution in [3.05, 3.63) is 70.9 Å². The minimum absolute atomic E-state index is 0.375. The number of fused-ring (bicyclic) bond motifs is 3. The average molecular weight is 461 g/mol. The van der Waals surface area contributed by atoms with Crippen LogP contribution in [0.2, 0.25) is 0 Å². The number of para-hydroxylation sites is 2. The summed E-state index contributed by atoms with van der Waals surface area (Å²) in [5, 5.41) is 5.41. The molecule has 0 aliphatic carbocycles. The van der Waals surface area contributed by atoms with Gasteiger partial charge in [0.1, 0.15) is 22.6 Å². The highest BCUT2D eigenvalue weighted by Gasteiger charge is 2.21. The van der Waals surface area contributed by atoms with Crippen molar-refractivity contribution in [2.24, 2.45) is 0 Å². The minimum atomic E-state index is -0.379. The van der Waals surface area contributed by atoms with Crippen LogP contribution in [0.25, 0.3) is 27.3 Å². The molecule has 5 aromatic rings. The number of hydrogen-bond acceptors (Lipinski definition) is 8. The van der Waals surface area contributed by atoms with Gasteiger partial charge >= 0.3 is 5.97 Å². The van der Waals surface area contributed by atoms with Gasteiger partial charge in [-0.05, 0) is 36.2 Å². The van der Waals surface area contributed by atoms with E-state index in [9.17, 15) is 4.79 Å². The van der Waals surface area contributed by atoms with Gasteiger partial charge in [-0.15, -0.1) is 16.4 Å². The minimum Gasteiger partial charge on any atom is -0.493 e. The zero-order valence-corrected chi connectivity index (χ0v) is 19.0. The first-order valence-corrected chi connectivity index (χ1v) is 11.0. The third-order valence-corrected chi connectivity index (χ3v) is 6.47. The average Bonchev–Trinajstić information content (AvgIpc) is 3.43. The van der Waals surface area contributed by atoms with Crippen LogP contribution in [0.4, 0.5) is 0 Å². The summed E-state index contributed by atoms with van der Waals surface area (Å²) in [5.74, 6) is 1.55. The van der Waals surface area contributed by atoms with Crippen molar-refractivity contribution in [2.75, 3.05) is 14.2 Å². The van der Waals surface area contributed by atoms with Crippen LogP contribution in [0.5, 0.6) is 11.5 Å². The molecule has 0 unspecified atom stereocenters. The van der Waals surface area contributed by atoms with Crippen molar-refractivity contribution in [1.29, 1.82) is 0 Å². The first kappa shape index (κ1) is 20.9. The molecule has 8 nitrogen and oxygen atoms in total. The standard InChI is InChI=1S/C24H20N4O4S/c1-14-19-22-26-21(27-28(22)13-25-23(19)33-20(14)24(29)31-3)16-8-6-7-15(11-16)12-32-18-10-5-4-9-17(18)30-2/h4-11,13H,12H2,1-3H3. The molecule has 166 valence electrons. The van der Waals surface area contributed by atoms with Crippen molar-refractivity contribution in [3.63, 3.8) is 0 Å². The molecule has 0 radical (unpaired) electrons. The van der Waals surface area contributed by atoms with Gasteiger partial charge < -0.3 is 14.2 Å². The van der Waals surface area contributed by atoms with Crippen LogP contribution in [-0.2, 0) is 11.3 Å². The highest BCUT2D eigenvalue weighted by atomic mass is 32.1. The molecule has 2 aromatic carbocycles. The fourth-order valence-electron chi connectivity index (χ4n) is 3.64. The monoisotopic (exact) mass is 460 g/mol. The predicted octanol–water partition coefficient (Wildman–Crippen LogP) is 4.69. The van der Waals surface area contributed by atoms with Gasteiger partial charge in [0.05, 0.1) is 19.6 Å². The second-order valence-electron chi connectivity index (χ2n) is 7.32. The van der Waals surface area contributed by atoms with Gasteiger partial charge in [0.15, 0.2) is 23.0 Å². The first-order valence-electron chi connectivity index (χ1n) is 10.2. The largest absolute Gasteiger partial charge is 0.493 e. The molecule has 0 saturated heterocycles. The van der Waals surface area contributed by atoms with E-state index in [4.69, 9.17) is 19.2 Å². The number of aromatic nitrogens is 4. The highest BCUT2D eigenvalue weighted by Crippen LogP contribution is 2.33. The maximum absolute atomic E-state index is 12.1. The van der Waals surface area contributed by atoms with Gasteiger partial charge in [-0.25, -0.2) is 19.3 Å². The Labute approximate surface area is 193 Å². The number of rotatable bonds is 6. The second-order valence-corrected chi connectivity index (χ2v) is 8.32. The topological polar surface area (TPSA) is 87.8 Å². The Morgan fingerprint density at radius 1 is 1.09 bits per heavy atom. The van der Waals surface area contributed by atoms with Crippen LogP contribution in [0, 0.1) is 6.92 Å². The SMILES string of the molecule is COC(=O)c1sc2ncn3nc(-c4cccc(COc5ccccc5OC)c4)nc3c2c1C. The summed E-state index contributed by atoms with van der Waals surface area (Å²) in [6.45, 7) is 2.25. The molecular weight excluding hydrogens is 440 g/mol. The smallest absolute Gasteiger partial charge is 0.348 e. The number of methoxy groups -OCH3 is 2. The molecule has 0 bridgehead atoms. The number of hydrogen-bond donors (Lipinski definition) is 0. The Morgan fingerprint density at radius 3 is 2.70 bits per heavy atom. The molecule has 0 atom stereocenters. The van der Waals surface area contributed by atoms with Gasteiger partial charge in [-0.3, -0.25) is 0 Å². The molecule has 0 aliphatic rings. The molecular formula is C24H20N4O4S. The molecule has 5 rings (SSSR count). The van der Waals surface area contributed by atoms with Gasteiger partial charge in [0.2, 0.25) is 0 Å². The van der Waals surface area contributed by atoms with Crippen molar-refractivity contribution in [2.45, 2.75) is 13.5 Å². The Balaban J connectivity index is 1.48. The van der Waals surface area contributed by atoms with Crippen LogP contribution in [0.1, 0.15) is 20.8 Å². The molecule has 33 heavy (non-hydrogen) atoms. The third-order valence-electron chi connectivity index (χ3n) is 5.29. The Hall–Kier alpha value is -3.98. The van der Waals surface area contributed by atoms with Crippen LogP contribution in [0.15, 0.2) is 54.9 Å². The first-order chi connectivity index (χ1) is 16.1. The third kappa shape index (κ3) is 3.76. The molecule has 3 heterocycles. The van der Waals surface area contributed by atoms with Crippen molar-refractivity contribution in [3.8, 4) is 22.9 Å². The van der Waals surface area contributed by atoms with Crippen molar-refractivity contribution in [1.82, 2.24) is 19.6 Å². The summed E-state index contributed by atoms with van der Waals surface area (Å²) in [6.07, 6.45) is 1.61. The van der Waals surface area contributed by atoms with Crippen molar-refractivity contribution < 1.29 is 19.0 Å². The zero-order chi connectivity index (χ0) is 22.9. The van der Waals surface area contributed by atoms with Crippen LogP contribution >= 0.6 is 11.3 Å². The summed E-state index contributed by atoms with van der Waals surface area (Å²) < 4.78 is 17.8. The molecule has 3 aromatic heterocycles.